The summed E-state index contributed by atoms with van der Waals surface area (Å²) in [5.41, 5.74) is 3.99. The molecule has 1 heterocycles. The zero-order valence-corrected chi connectivity index (χ0v) is 23.8. The third-order valence-electron chi connectivity index (χ3n) is 5.55. The molecule has 0 atom stereocenters. The Bertz CT molecular complexity index is 1320. The van der Waals surface area contributed by atoms with E-state index in [1.54, 1.807) is 6.08 Å². The second-order valence-electron chi connectivity index (χ2n) is 9.34. The summed E-state index contributed by atoms with van der Waals surface area (Å²) >= 11 is 7.04. The number of benzene rings is 3. The van der Waals surface area contributed by atoms with Gasteiger partial charge in [-0.05, 0) is 87.4 Å². The fraction of sp³-hybridized carbons (Fsp3) is 0.241. The topological polar surface area (TPSA) is 57.1 Å². The van der Waals surface area contributed by atoms with Crippen LogP contribution in [0.3, 0.4) is 0 Å². The van der Waals surface area contributed by atoms with Gasteiger partial charge in [-0.1, -0.05) is 61.0 Å². The molecule has 0 unspecified atom stereocenters. The highest BCUT2D eigenvalue weighted by molar-refractivity contribution is 9.10. The molecule has 36 heavy (non-hydrogen) atoms. The summed E-state index contributed by atoms with van der Waals surface area (Å²) in [5.74, 6) is 0.975. The number of hydrogen-bond acceptors (Lipinski definition) is 5. The van der Waals surface area contributed by atoms with Gasteiger partial charge in [0.1, 0.15) is 6.61 Å². The number of carbonyl (C=O) groups excluding carboxylic acids is 1. The lowest BCUT2D eigenvalue weighted by Crippen LogP contribution is -2.11. The van der Waals surface area contributed by atoms with E-state index in [2.05, 4.69) is 57.6 Å². The highest BCUT2D eigenvalue weighted by Gasteiger charge is 2.25. The van der Waals surface area contributed by atoms with Crippen molar-refractivity contribution in [1.29, 1.82) is 0 Å². The first-order valence-corrected chi connectivity index (χ1v) is 13.2. The molecule has 0 amide bonds. The SMILES string of the molecule is CCOc1cc(C=C2N=C(c3ccc(C(C)(C)C)cc3)OC2=O)cc(Br)c1OCc1ccc(Br)cc1. The first-order valence-electron chi connectivity index (χ1n) is 11.6. The first kappa shape index (κ1) is 26.2. The van der Waals surface area contributed by atoms with Crippen molar-refractivity contribution in [2.45, 2.75) is 39.7 Å². The van der Waals surface area contributed by atoms with E-state index in [0.717, 1.165) is 21.2 Å². The fourth-order valence-electron chi connectivity index (χ4n) is 3.61. The van der Waals surface area contributed by atoms with E-state index in [0.29, 0.717) is 35.1 Å². The summed E-state index contributed by atoms with van der Waals surface area (Å²) < 4.78 is 19.1. The van der Waals surface area contributed by atoms with Gasteiger partial charge in [0.15, 0.2) is 17.2 Å². The zero-order chi connectivity index (χ0) is 25.9. The first-order chi connectivity index (χ1) is 17.1. The Morgan fingerprint density at radius 1 is 0.972 bits per heavy atom. The Balaban J connectivity index is 1.58. The van der Waals surface area contributed by atoms with Gasteiger partial charge in [-0.15, -0.1) is 0 Å². The highest BCUT2D eigenvalue weighted by atomic mass is 79.9. The Morgan fingerprint density at radius 2 is 1.67 bits per heavy atom. The van der Waals surface area contributed by atoms with Gasteiger partial charge in [0.25, 0.3) is 0 Å². The molecule has 1 aliphatic rings. The van der Waals surface area contributed by atoms with E-state index < -0.39 is 5.97 Å². The van der Waals surface area contributed by atoms with Crippen LogP contribution in [0.1, 0.15) is 49.9 Å². The minimum Gasteiger partial charge on any atom is -0.490 e. The van der Waals surface area contributed by atoms with Crippen LogP contribution in [0.4, 0.5) is 0 Å². The third kappa shape index (κ3) is 6.26. The Labute approximate surface area is 228 Å². The number of rotatable bonds is 7. The maximum Gasteiger partial charge on any atom is 0.363 e. The number of carbonyl (C=O) groups is 1. The minimum absolute atomic E-state index is 0.0392. The monoisotopic (exact) mass is 611 g/mol. The molecule has 0 saturated carbocycles. The van der Waals surface area contributed by atoms with Crippen LogP contribution in [0.15, 0.2) is 80.3 Å². The smallest absolute Gasteiger partial charge is 0.363 e. The lowest BCUT2D eigenvalue weighted by atomic mass is 9.87. The summed E-state index contributed by atoms with van der Waals surface area (Å²) in [7, 11) is 0. The summed E-state index contributed by atoms with van der Waals surface area (Å²) in [6.45, 7) is 9.23. The molecular weight excluding hydrogens is 586 g/mol. The van der Waals surface area contributed by atoms with E-state index in [-0.39, 0.29) is 11.1 Å². The molecule has 0 bridgehead atoms. The molecule has 186 valence electrons. The maximum atomic E-state index is 12.6. The van der Waals surface area contributed by atoms with E-state index in [1.807, 2.05) is 67.6 Å². The normalized spacial score (nSPS) is 14.6. The minimum atomic E-state index is -0.491. The van der Waals surface area contributed by atoms with Crippen molar-refractivity contribution in [3.05, 3.63) is 97.6 Å². The Hall–Kier alpha value is -2.90. The van der Waals surface area contributed by atoms with Crippen molar-refractivity contribution >= 4 is 49.8 Å². The number of hydrogen-bond donors (Lipinski definition) is 0. The molecule has 0 fully saturated rings. The number of nitrogens with zero attached hydrogens (tertiary/aromatic N) is 1. The van der Waals surface area contributed by atoms with Crippen molar-refractivity contribution in [2.24, 2.45) is 4.99 Å². The predicted molar refractivity (Wildman–Crippen MR) is 150 cm³/mol. The summed E-state index contributed by atoms with van der Waals surface area (Å²) in [4.78, 5) is 17.0. The lowest BCUT2D eigenvalue weighted by Gasteiger charge is -2.18. The van der Waals surface area contributed by atoms with Gasteiger partial charge in [-0.3, -0.25) is 0 Å². The van der Waals surface area contributed by atoms with E-state index in [9.17, 15) is 4.79 Å². The van der Waals surface area contributed by atoms with Crippen LogP contribution in [0, 0.1) is 0 Å². The van der Waals surface area contributed by atoms with E-state index in [1.165, 1.54) is 5.56 Å². The van der Waals surface area contributed by atoms with Gasteiger partial charge in [-0.25, -0.2) is 9.79 Å². The third-order valence-corrected chi connectivity index (χ3v) is 6.67. The van der Waals surface area contributed by atoms with Crippen molar-refractivity contribution < 1.29 is 19.0 Å². The van der Waals surface area contributed by atoms with E-state index in [4.69, 9.17) is 14.2 Å². The van der Waals surface area contributed by atoms with Crippen LogP contribution >= 0.6 is 31.9 Å². The lowest BCUT2D eigenvalue weighted by molar-refractivity contribution is -0.129. The summed E-state index contributed by atoms with van der Waals surface area (Å²) in [5, 5.41) is 0. The second-order valence-corrected chi connectivity index (χ2v) is 11.1. The van der Waals surface area contributed by atoms with Crippen LogP contribution in [0.25, 0.3) is 6.08 Å². The van der Waals surface area contributed by atoms with Crippen LogP contribution in [-0.2, 0) is 21.6 Å². The van der Waals surface area contributed by atoms with Gasteiger partial charge in [0, 0.05) is 10.0 Å². The maximum absolute atomic E-state index is 12.6. The Kier molecular flexibility index (Phi) is 8.00. The van der Waals surface area contributed by atoms with E-state index >= 15 is 0 Å². The van der Waals surface area contributed by atoms with Gasteiger partial charge < -0.3 is 14.2 Å². The molecule has 7 heteroatoms. The molecule has 0 aromatic heterocycles. The van der Waals surface area contributed by atoms with Crippen molar-refractivity contribution in [2.75, 3.05) is 6.61 Å². The summed E-state index contributed by atoms with van der Waals surface area (Å²) in [6.07, 6.45) is 1.69. The molecule has 0 saturated heterocycles. The second kappa shape index (κ2) is 11.0. The molecule has 0 N–H and O–H groups in total. The van der Waals surface area contributed by atoms with Crippen molar-refractivity contribution in [3.63, 3.8) is 0 Å². The predicted octanol–water partition coefficient (Wildman–Crippen LogP) is 7.83. The molecule has 0 aliphatic carbocycles. The molecule has 5 nitrogen and oxygen atoms in total. The van der Waals surface area contributed by atoms with Crippen LogP contribution in [-0.4, -0.2) is 18.5 Å². The number of esters is 1. The standard InChI is InChI=1S/C29H27Br2NO4/c1-5-34-25-16-19(14-23(31)26(25)35-17-18-6-12-22(30)13-7-18)15-24-28(33)36-27(32-24)20-8-10-21(11-9-20)29(2,3)4/h6-16H,5,17H2,1-4H3. The number of ether oxygens (including phenoxy) is 3. The van der Waals surface area contributed by atoms with Crippen molar-refractivity contribution in [3.8, 4) is 11.5 Å². The largest absolute Gasteiger partial charge is 0.490 e. The molecule has 3 aromatic carbocycles. The van der Waals surface area contributed by atoms with Crippen LogP contribution < -0.4 is 9.47 Å². The quantitative estimate of drug-likeness (QED) is 0.201. The van der Waals surface area contributed by atoms with Crippen LogP contribution in [0.5, 0.6) is 11.5 Å². The Morgan fingerprint density at radius 3 is 2.31 bits per heavy atom. The molecule has 4 rings (SSSR count). The molecule has 3 aromatic rings. The van der Waals surface area contributed by atoms with Gasteiger partial charge in [0.2, 0.25) is 5.90 Å². The van der Waals surface area contributed by atoms with Gasteiger partial charge in [0.05, 0.1) is 11.1 Å². The molecule has 0 spiro atoms. The van der Waals surface area contributed by atoms with Crippen molar-refractivity contribution in [1.82, 2.24) is 0 Å². The summed E-state index contributed by atoms with van der Waals surface area (Å²) in [6, 6.07) is 19.6. The average Bonchev–Trinajstić information content (AvgIpc) is 3.19. The van der Waals surface area contributed by atoms with Gasteiger partial charge >= 0.3 is 5.97 Å². The molecule has 0 radical (unpaired) electrons. The number of cyclic esters (lactones) is 1. The number of aliphatic imine (C=N–C) groups is 1. The average molecular weight is 613 g/mol. The van der Waals surface area contributed by atoms with Crippen LogP contribution in [0.2, 0.25) is 0 Å². The molecular formula is C29H27Br2NO4. The van der Waals surface area contributed by atoms with Gasteiger partial charge in [-0.2, -0.15) is 0 Å². The number of halogens is 2. The zero-order valence-electron chi connectivity index (χ0n) is 20.6. The fourth-order valence-corrected chi connectivity index (χ4v) is 4.45. The molecule has 1 aliphatic heterocycles. The highest BCUT2D eigenvalue weighted by Crippen LogP contribution is 2.38.